The lowest BCUT2D eigenvalue weighted by Gasteiger charge is -2.23. The fourth-order valence-corrected chi connectivity index (χ4v) is 4.47. The molecule has 0 bridgehead atoms. The van der Waals surface area contributed by atoms with Crippen LogP contribution in [-0.2, 0) is 16.0 Å². The molecule has 10 heteroatoms. The molecule has 1 saturated heterocycles. The summed E-state index contributed by atoms with van der Waals surface area (Å²) >= 11 is 5.89. The third-order valence-electron chi connectivity index (χ3n) is 4.61. The molecule has 29 heavy (non-hydrogen) atoms. The number of sulfone groups is 1. The van der Waals surface area contributed by atoms with E-state index in [0.29, 0.717) is 18.8 Å². The smallest absolute Gasteiger partial charge is 0.370 e. The van der Waals surface area contributed by atoms with Gasteiger partial charge in [-0.15, -0.1) is 0 Å². The molecule has 3 rings (SSSR count). The molecule has 0 atom stereocenters. The molecule has 0 aliphatic carbocycles. The fraction of sp³-hybridized carbons (Fsp3) is 0.316. The van der Waals surface area contributed by atoms with Crippen molar-refractivity contribution in [2.75, 3.05) is 29.6 Å². The normalized spacial score (nSPS) is 14.9. The summed E-state index contributed by atoms with van der Waals surface area (Å²) < 4.78 is 63.1. The summed E-state index contributed by atoms with van der Waals surface area (Å²) in [6.07, 6.45) is -1.80. The molecule has 0 spiro atoms. The molecule has 1 amide bonds. The van der Waals surface area contributed by atoms with Gasteiger partial charge in [-0.05, 0) is 49.2 Å². The molecule has 0 radical (unpaired) electrons. The van der Waals surface area contributed by atoms with Gasteiger partial charge in [-0.3, -0.25) is 4.79 Å². The van der Waals surface area contributed by atoms with Crippen molar-refractivity contribution < 1.29 is 26.4 Å². The van der Waals surface area contributed by atoms with Crippen molar-refractivity contribution in [3.05, 3.63) is 52.5 Å². The highest BCUT2D eigenvalue weighted by Gasteiger charge is 2.32. The Balaban J connectivity index is 1.99. The Kier molecular flexibility index (Phi) is 5.82. The molecule has 0 saturated carbocycles. The van der Waals surface area contributed by atoms with Gasteiger partial charge in [0, 0.05) is 24.9 Å². The van der Waals surface area contributed by atoms with Crippen LogP contribution in [0.3, 0.4) is 0 Å². The molecule has 2 aromatic rings. The first kappa shape index (κ1) is 21.4. The van der Waals surface area contributed by atoms with Crippen LogP contribution in [0.25, 0.3) is 0 Å². The molecule has 1 heterocycles. The quantitative estimate of drug-likeness (QED) is 0.744. The summed E-state index contributed by atoms with van der Waals surface area (Å²) in [5.74, 6) is -0.730. The first-order valence-electron chi connectivity index (χ1n) is 8.74. The predicted molar refractivity (Wildman–Crippen MR) is 105 cm³/mol. The van der Waals surface area contributed by atoms with Crippen LogP contribution >= 0.6 is 11.6 Å². The Morgan fingerprint density at radius 3 is 2.34 bits per heavy atom. The van der Waals surface area contributed by atoms with Gasteiger partial charge in [0.1, 0.15) is 0 Å². The van der Waals surface area contributed by atoms with Gasteiger partial charge in [0.05, 0.1) is 26.9 Å². The second-order valence-corrected chi connectivity index (χ2v) is 9.19. The number of halogens is 4. The van der Waals surface area contributed by atoms with Gasteiger partial charge in [-0.1, -0.05) is 11.6 Å². The number of anilines is 2. The Hall–Kier alpha value is -2.26. The average molecular weight is 447 g/mol. The zero-order valence-corrected chi connectivity index (χ0v) is 17.0. The van der Waals surface area contributed by atoms with Crippen LogP contribution < -0.4 is 10.2 Å². The topological polar surface area (TPSA) is 66.5 Å². The molecule has 0 aromatic heterocycles. The summed E-state index contributed by atoms with van der Waals surface area (Å²) in [5.41, 5.74) is -0.410. The second-order valence-electron chi connectivity index (χ2n) is 6.80. The highest BCUT2D eigenvalue weighted by atomic mass is 35.5. The minimum Gasteiger partial charge on any atom is -0.370 e. The fourth-order valence-electron chi connectivity index (χ4n) is 3.17. The lowest BCUT2D eigenvalue weighted by atomic mass is 10.1. The molecular weight excluding hydrogens is 429 g/mol. The molecule has 1 N–H and O–H groups in total. The van der Waals surface area contributed by atoms with Crippen LogP contribution in [0, 0.1) is 0 Å². The van der Waals surface area contributed by atoms with E-state index in [9.17, 15) is 26.4 Å². The van der Waals surface area contributed by atoms with Gasteiger partial charge in [0.2, 0.25) is 0 Å². The number of alkyl halides is 3. The van der Waals surface area contributed by atoms with Crippen LogP contribution in [0.5, 0.6) is 0 Å². The Labute approximate surface area is 171 Å². The van der Waals surface area contributed by atoms with E-state index < -0.39 is 27.5 Å². The lowest BCUT2D eigenvalue weighted by molar-refractivity contribution is -0.137. The minimum atomic E-state index is -4.56. The predicted octanol–water partition coefficient (Wildman–Crippen LogP) is 4.61. The summed E-state index contributed by atoms with van der Waals surface area (Å²) in [5, 5.41) is 2.45. The van der Waals surface area contributed by atoms with E-state index in [-0.39, 0.29) is 21.2 Å². The monoisotopic (exact) mass is 446 g/mol. The van der Waals surface area contributed by atoms with Gasteiger partial charge in [0.15, 0.2) is 9.84 Å². The zero-order valence-electron chi connectivity index (χ0n) is 15.4. The number of hydrogen-bond acceptors (Lipinski definition) is 4. The van der Waals surface area contributed by atoms with Gasteiger partial charge in [-0.2, -0.15) is 13.2 Å². The van der Waals surface area contributed by atoms with Crippen molar-refractivity contribution in [1.29, 1.82) is 0 Å². The minimum absolute atomic E-state index is 0.0163. The molecule has 156 valence electrons. The van der Waals surface area contributed by atoms with E-state index in [0.717, 1.165) is 37.3 Å². The summed E-state index contributed by atoms with van der Waals surface area (Å²) in [6.45, 7) is 1.35. The van der Waals surface area contributed by atoms with Crippen molar-refractivity contribution >= 4 is 38.7 Å². The van der Waals surface area contributed by atoms with Crippen LogP contribution in [-0.4, -0.2) is 33.7 Å². The lowest BCUT2D eigenvalue weighted by Crippen LogP contribution is -2.22. The number of nitrogens with one attached hydrogen (secondary N) is 1. The standard InChI is InChI=1S/C19H18ClF3N2O3S/c1-29(27,28)17-10-12(4-6-14(17)20)18(26)24-15-11-13(19(21,22)23)5-7-16(15)25-8-2-3-9-25/h4-7,10-11H,2-3,8-9H2,1H3,(H,24,26). The molecule has 1 fully saturated rings. The maximum absolute atomic E-state index is 13.2. The van der Waals surface area contributed by atoms with Crippen molar-refractivity contribution in [3.8, 4) is 0 Å². The first-order valence-corrected chi connectivity index (χ1v) is 11.0. The number of amides is 1. The van der Waals surface area contributed by atoms with Crippen LogP contribution in [0.15, 0.2) is 41.3 Å². The number of carbonyl (C=O) groups is 1. The molecule has 5 nitrogen and oxygen atoms in total. The number of rotatable bonds is 4. The van der Waals surface area contributed by atoms with E-state index in [2.05, 4.69) is 5.32 Å². The van der Waals surface area contributed by atoms with Crippen molar-refractivity contribution in [2.45, 2.75) is 23.9 Å². The van der Waals surface area contributed by atoms with Crippen LogP contribution in [0.2, 0.25) is 5.02 Å². The highest BCUT2D eigenvalue weighted by Crippen LogP contribution is 2.37. The van der Waals surface area contributed by atoms with Gasteiger partial charge in [-0.25, -0.2) is 8.42 Å². The Morgan fingerprint density at radius 2 is 1.76 bits per heavy atom. The first-order chi connectivity index (χ1) is 13.5. The highest BCUT2D eigenvalue weighted by molar-refractivity contribution is 7.90. The molecular formula is C19H18ClF3N2O3S. The SMILES string of the molecule is CS(=O)(=O)c1cc(C(=O)Nc2cc(C(F)(F)F)ccc2N2CCCC2)ccc1Cl. The van der Waals surface area contributed by atoms with Crippen LogP contribution in [0.4, 0.5) is 24.5 Å². The second kappa shape index (κ2) is 7.87. The van der Waals surface area contributed by atoms with E-state index in [1.807, 2.05) is 4.90 Å². The summed E-state index contributed by atoms with van der Waals surface area (Å²) in [4.78, 5) is 14.4. The van der Waals surface area contributed by atoms with Crippen molar-refractivity contribution in [3.63, 3.8) is 0 Å². The zero-order chi connectivity index (χ0) is 21.4. The van der Waals surface area contributed by atoms with Gasteiger partial charge < -0.3 is 10.2 Å². The maximum Gasteiger partial charge on any atom is 0.416 e. The molecule has 2 aromatic carbocycles. The van der Waals surface area contributed by atoms with Crippen molar-refractivity contribution in [2.24, 2.45) is 0 Å². The number of benzene rings is 2. The maximum atomic E-state index is 13.2. The Morgan fingerprint density at radius 1 is 1.10 bits per heavy atom. The van der Waals surface area contributed by atoms with Crippen molar-refractivity contribution in [1.82, 2.24) is 0 Å². The number of carbonyl (C=O) groups excluding carboxylic acids is 1. The Bertz CT molecular complexity index is 1050. The van der Waals surface area contributed by atoms with Gasteiger partial charge in [0.25, 0.3) is 5.91 Å². The van der Waals surface area contributed by atoms with Crippen LogP contribution in [0.1, 0.15) is 28.8 Å². The van der Waals surface area contributed by atoms with E-state index in [1.165, 1.54) is 18.2 Å². The molecule has 1 aliphatic rings. The van der Waals surface area contributed by atoms with E-state index in [1.54, 1.807) is 0 Å². The third kappa shape index (κ3) is 4.84. The molecule has 0 unspecified atom stereocenters. The van der Waals surface area contributed by atoms with E-state index in [4.69, 9.17) is 11.6 Å². The van der Waals surface area contributed by atoms with E-state index >= 15 is 0 Å². The summed E-state index contributed by atoms with van der Waals surface area (Å²) in [7, 11) is -3.68. The van der Waals surface area contributed by atoms with Gasteiger partial charge >= 0.3 is 6.18 Å². The molecule has 1 aliphatic heterocycles. The third-order valence-corrected chi connectivity index (χ3v) is 6.19. The number of hydrogen-bond donors (Lipinski definition) is 1. The average Bonchev–Trinajstić information content (AvgIpc) is 3.14. The number of nitrogens with zero attached hydrogens (tertiary/aromatic N) is 1. The largest absolute Gasteiger partial charge is 0.416 e. The summed E-state index contributed by atoms with van der Waals surface area (Å²) in [6, 6.07) is 6.89.